The fourth-order valence-electron chi connectivity index (χ4n) is 2.21. The lowest BCUT2D eigenvalue weighted by Crippen LogP contribution is -2.53. The first kappa shape index (κ1) is 11.6. The zero-order chi connectivity index (χ0) is 11.5. The molecule has 90 valence electrons. The van der Waals surface area contributed by atoms with Crippen LogP contribution in [0.3, 0.4) is 0 Å². The molecule has 0 bridgehead atoms. The van der Waals surface area contributed by atoms with Crippen molar-refractivity contribution in [3.63, 3.8) is 0 Å². The molecule has 0 aromatic carbocycles. The standard InChI is InChI=1S/C12H22N4/c1-4-16-9-12(6-14-16)8-15-7-10(2)13-5-11(15)3/h6,9-11,13H,4-5,7-8H2,1-3H3. The van der Waals surface area contributed by atoms with Crippen LogP contribution in [0, 0.1) is 0 Å². The van der Waals surface area contributed by atoms with E-state index in [1.165, 1.54) is 5.56 Å². The van der Waals surface area contributed by atoms with Gasteiger partial charge in [0, 0.05) is 50.0 Å². The fourth-order valence-corrected chi connectivity index (χ4v) is 2.21. The van der Waals surface area contributed by atoms with Crippen molar-refractivity contribution in [2.75, 3.05) is 13.1 Å². The minimum absolute atomic E-state index is 0.595. The van der Waals surface area contributed by atoms with Crippen LogP contribution in [-0.2, 0) is 13.1 Å². The maximum absolute atomic E-state index is 4.32. The zero-order valence-electron chi connectivity index (χ0n) is 10.5. The SMILES string of the molecule is CCn1cc(CN2CC(C)NCC2C)cn1. The fraction of sp³-hybridized carbons (Fsp3) is 0.750. The van der Waals surface area contributed by atoms with Crippen LogP contribution in [0.1, 0.15) is 26.3 Å². The first-order valence-electron chi connectivity index (χ1n) is 6.17. The molecule has 2 atom stereocenters. The first-order chi connectivity index (χ1) is 7.69. The van der Waals surface area contributed by atoms with Gasteiger partial charge >= 0.3 is 0 Å². The second-order valence-corrected chi connectivity index (χ2v) is 4.79. The highest BCUT2D eigenvalue weighted by Crippen LogP contribution is 2.11. The molecule has 16 heavy (non-hydrogen) atoms. The van der Waals surface area contributed by atoms with Crippen LogP contribution in [-0.4, -0.2) is 39.9 Å². The van der Waals surface area contributed by atoms with E-state index in [1.807, 2.05) is 10.9 Å². The normalized spacial score (nSPS) is 27.2. The van der Waals surface area contributed by atoms with Crippen LogP contribution in [0.25, 0.3) is 0 Å². The number of nitrogens with zero attached hydrogens (tertiary/aromatic N) is 3. The van der Waals surface area contributed by atoms with Crippen molar-refractivity contribution < 1.29 is 0 Å². The Bertz CT molecular complexity index is 334. The van der Waals surface area contributed by atoms with Crippen molar-refractivity contribution in [3.05, 3.63) is 18.0 Å². The van der Waals surface area contributed by atoms with E-state index in [2.05, 4.69) is 42.3 Å². The van der Waals surface area contributed by atoms with E-state index in [1.54, 1.807) is 0 Å². The van der Waals surface area contributed by atoms with Gasteiger partial charge in [0.15, 0.2) is 0 Å². The van der Waals surface area contributed by atoms with Crippen LogP contribution in [0.4, 0.5) is 0 Å². The third-order valence-corrected chi connectivity index (χ3v) is 3.29. The van der Waals surface area contributed by atoms with Gasteiger partial charge in [0.1, 0.15) is 0 Å². The summed E-state index contributed by atoms with van der Waals surface area (Å²) in [5.41, 5.74) is 1.32. The highest BCUT2D eigenvalue weighted by molar-refractivity contribution is 5.04. The lowest BCUT2D eigenvalue weighted by atomic mass is 10.1. The van der Waals surface area contributed by atoms with E-state index in [9.17, 15) is 0 Å². The Labute approximate surface area is 97.6 Å². The Balaban J connectivity index is 1.97. The molecule has 4 nitrogen and oxygen atoms in total. The highest BCUT2D eigenvalue weighted by Gasteiger charge is 2.22. The predicted molar refractivity (Wildman–Crippen MR) is 65.2 cm³/mol. The number of piperazine rings is 1. The zero-order valence-corrected chi connectivity index (χ0v) is 10.5. The van der Waals surface area contributed by atoms with Gasteiger partial charge in [0.2, 0.25) is 0 Å². The summed E-state index contributed by atoms with van der Waals surface area (Å²) < 4.78 is 1.99. The van der Waals surface area contributed by atoms with Gasteiger partial charge in [-0.25, -0.2) is 0 Å². The number of hydrogen-bond acceptors (Lipinski definition) is 3. The Hall–Kier alpha value is -0.870. The molecule has 0 spiro atoms. The largest absolute Gasteiger partial charge is 0.311 e. The molecule has 0 saturated carbocycles. The van der Waals surface area contributed by atoms with Gasteiger partial charge in [-0.05, 0) is 20.8 Å². The molecule has 1 aliphatic rings. The Morgan fingerprint density at radius 3 is 3.00 bits per heavy atom. The summed E-state index contributed by atoms with van der Waals surface area (Å²) >= 11 is 0. The van der Waals surface area contributed by atoms with Crippen molar-refractivity contribution in [1.29, 1.82) is 0 Å². The molecule has 1 N–H and O–H groups in total. The van der Waals surface area contributed by atoms with Crippen molar-refractivity contribution in [1.82, 2.24) is 20.0 Å². The number of rotatable bonds is 3. The van der Waals surface area contributed by atoms with E-state index in [4.69, 9.17) is 0 Å². The van der Waals surface area contributed by atoms with Crippen molar-refractivity contribution in [2.45, 2.75) is 45.9 Å². The van der Waals surface area contributed by atoms with Gasteiger partial charge in [-0.15, -0.1) is 0 Å². The molecule has 4 heteroatoms. The molecule has 0 radical (unpaired) electrons. The molecule has 0 amide bonds. The van der Waals surface area contributed by atoms with Gasteiger partial charge < -0.3 is 5.32 Å². The third-order valence-electron chi connectivity index (χ3n) is 3.29. The summed E-state index contributed by atoms with van der Waals surface area (Å²) in [5.74, 6) is 0. The van der Waals surface area contributed by atoms with Gasteiger partial charge in [-0.3, -0.25) is 9.58 Å². The highest BCUT2D eigenvalue weighted by atomic mass is 15.3. The molecule has 0 aliphatic carbocycles. The van der Waals surface area contributed by atoms with Crippen LogP contribution < -0.4 is 5.32 Å². The van der Waals surface area contributed by atoms with Gasteiger partial charge in [0.25, 0.3) is 0 Å². The maximum atomic E-state index is 4.32. The topological polar surface area (TPSA) is 33.1 Å². The molecule has 2 rings (SSSR count). The Morgan fingerprint density at radius 1 is 1.50 bits per heavy atom. The van der Waals surface area contributed by atoms with Crippen molar-refractivity contribution in [3.8, 4) is 0 Å². The van der Waals surface area contributed by atoms with Gasteiger partial charge in [-0.1, -0.05) is 0 Å². The monoisotopic (exact) mass is 222 g/mol. The molecule has 2 unspecified atom stereocenters. The summed E-state index contributed by atoms with van der Waals surface area (Å²) in [4.78, 5) is 2.53. The molecular formula is C12H22N4. The van der Waals surface area contributed by atoms with Crippen molar-refractivity contribution in [2.24, 2.45) is 0 Å². The number of aryl methyl sites for hydroxylation is 1. The van der Waals surface area contributed by atoms with Crippen LogP contribution >= 0.6 is 0 Å². The smallest absolute Gasteiger partial charge is 0.0534 e. The Morgan fingerprint density at radius 2 is 2.31 bits per heavy atom. The summed E-state index contributed by atoms with van der Waals surface area (Å²) in [7, 11) is 0. The average molecular weight is 222 g/mol. The third kappa shape index (κ3) is 2.62. The lowest BCUT2D eigenvalue weighted by Gasteiger charge is -2.37. The average Bonchev–Trinajstić information content (AvgIpc) is 2.71. The van der Waals surface area contributed by atoms with Crippen LogP contribution in [0.2, 0.25) is 0 Å². The summed E-state index contributed by atoms with van der Waals surface area (Å²) in [6.45, 7) is 10.8. The van der Waals surface area contributed by atoms with E-state index in [-0.39, 0.29) is 0 Å². The van der Waals surface area contributed by atoms with E-state index in [0.29, 0.717) is 12.1 Å². The number of hydrogen-bond donors (Lipinski definition) is 1. The maximum Gasteiger partial charge on any atom is 0.0534 e. The summed E-state index contributed by atoms with van der Waals surface area (Å²) in [6.07, 6.45) is 4.14. The number of aromatic nitrogens is 2. The van der Waals surface area contributed by atoms with Gasteiger partial charge in [-0.2, -0.15) is 5.10 Å². The van der Waals surface area contributed by atoms with E-state index >= 15 is 0 Å². The Kier molecular flexibility index (Phi) is 3.61. The minimum Gasteiger partial charge on any atom is -0.311 e. The van der Waals surface area contributed by atoms with Crippen molar-refractivity contribution >= 4 is 0 Å². The van der Waals surface area contributed by atoms with E-state index < -0.39 is 0 Å². The summed E-state index contributed by atoms with van der Waals surface area (Å²) in [6, 6.07) is 1.21. The summed E-state index contributed by atoms with van der Waals surface area (Å²) in [5, 5.41) is 7.82. The molecule has 1 aromatic heterocycles. The van der Waals surface area contributed by atoms with Crippen LogP contribution in [0.15, 0.2) is 12.4 Å². The predicted octanol–water partition coefficient (Wildman–Crippen LogP) is 1.09. The number of nitrogens with one attached hydrogen (secondary N) is 1. The second-order valence-electron chi connectivity index (χ2n) is 4.79. The molecule has 1 aliphatic heterocycles. The van der Waals surface area contributed by atoms with Gasteiger partial charge in [0.05, 0.1) is 6.20 Å². The molecule has 1 aromatic rings. The molecule has 1 saturated heterocycles. The molecule has 2 heterocycles. The molecule has 1 fully saturated rings. The van der Waals surface area contributed by atoms with Crippen LogP contribution in [0.5, 0.6) is 0 Å². The second kappa shape index (κ2) is 4.97. The minimum atomic E-state index is 0.595. The lowest BCUT2D eigenvalue weighted by molar-refractivity contribution is 0.139. The quantitative estimate of drug-likeness (QED) is 0.831. The molecular weight excluding hydrogens is 200 g/mol. The first-order valence-corrected chi connectivity index (χ1v) is 6.17. The van der Waals surface area contributed by atoms with E-state index in [0.717, 1.165) is 26.2 Å².